The van der Waals surface area contributed by atoms with Crippen molar-refractivity contribution in [2.45, 2.75) is 20.8 Å². The number of halogens is 2. The van der Waals surface area contributed by atoms with Crippen molar-refractivity contribution in [1.29, 1.82) is 0 Å². The van der Waals surface area contributed by atoms with Crippen molar-refractivity contribution in [3.8, 4) is 5.75 Å². The lowest BCUT2D eigenvalue weighted by molar-refractivity contribution is -0.385. The summed E-state index contributed by atoms with van der Waals surface area (Å²) in [6.45, 7) is 7.07. The number of carboxylic acid groups (broad SMARTS) is 1. The number of nitrogens with two attached hydrogens (primary N) is 1. The molecule has 46 heavy (non-hydrogen) atoms. The number of nitrogens with zero attached hydrogens (tertiary/aromatic N) is 3. The molecule has 0 radical (unpaired) electrons. The summed E-state index contributed by atoms with van der Waals surface area (Å²) < 4.78 is 0. The molecule has 6 N–H and O–H groups in total. The third kappa shape index (κ3) is 13.5. The monoisotopic (exact) mass is 684 g/mol. The van der Waals surface area contributed by atoms with Crippen LogP contribution in [0.3, 0.4) is 0 Å². The Labute approximate surface area is 271 Å². The maximum Gasteiger partial charge on any atom is 0.335 e. The van der Waals surface area contributed by atoms with Crippen LogP contribution in [0.5, 0.6) is 5.75 Å². The van der Waals surface area contributed by atoms with Gasteiger partial charge in [-0.1, -0.05) is 30.1 Å². The fourth-order valence-corrected chi connectivity index (χ4v) is 3.29. The molecule has 0 saturated heterocycles. The van der Waals surface area contributed by atoms with Gasteiger partial charge >= 0.3 is 11.7 Å². The van der Waals surface area contributed by atoms with E-state index in [1.165, 1.54) is 30.3 Å². The first kappa shape index (κ1) is 40.6. The summed E-state index contributed by atoms with van der Waals surface area (Å²) in [6.07, 6.45) is 0. The number of phenolic OH excluding ortho intramolecular Hbond substituents is 1. The zero-order valence-corrected chi connectivity index (χ0v) is 26.1. The second-order valence-electron chi connectivity index (χ2n) is 8.24. The second kappa shape index (κ2) is 20.5. The highest BCUT2D eigenvalue weighted by Crippen LogP contribution is 2.27. The molecule has 0 aliphatic heterocycles. The van der Waals surface area contributed by atoms with Gasteiger partial charge in [-0.2, -0.15) is 0 Å². The van der Waals surface area contributed by atoms with Gasteiger partial charge in [0.05, 0.1) is 20.3 Å². The number of rotatable bonds is 8. The van der Waals surface area contributed by atoms with Gasteiger partial charge in [-0.3, -0.25) is 39.9 Å². The number of carbonyl (C=O) groups excluding carboxylic acids is 2. The van der Waals surface area contributed by atoms with E-state index in [9.17, 15) is 44.7 Å². The number of benzene rings is 3. The summed E-state index contributed by atoms with van der Waals surface area (Å²) in [6, 6.07) is 10.7. The highest BCUT2D eigenvalue weighted by atomic mass is 35.5. The molecule has 0 heterocycles. The SMILES string of the molecule is CCN.CCNC(=O)c1ccc(Cl)c([N+](=O)[O-])c1.CCNC(=O)c1ccc(O)c([N+](=O)[O-])c1.O=C(O)c1ccc(Cl)c([N+](=O)[O-])c1. The van der Waals surface area contributed by atoms with E-state index in [0.29, 0.717) is 13.1 Å². The van der Waals surface area contributed by atoms with Crippen molar-refractivity contribution in [1.82, 2.24) is 10.6 Å². The van der Waals surface area contributed by atoms with E-state index in [0.717, 1.165) is 30.8 Å². The minimum Gasteiger partial charge on any atom is -0.502 e. The van der Waals surface area contributed by atoms with Crippen molar-refractivity contribution >= 4 is 58.0 Å². The molecule has 0 bridgehead atoms. The van der Waals surface area contributed by atoms with Crippen molar-refractivity contribution < 1.29 is 39.4 Å². The van der Waals surface area contributed by atoms with E-state index in [1.54, 1.807) is 13.8 Å². The number of nitro groups is 3. The average Bonchev–Trinajstić information content (AvgIpc) is 2.98. The predicted molar refractivity (Wildman–Crippen MR) is 169 cm³/mol. The van der Waals surface area contributed by atoms with E-state index < -0.39 is 43.8 Å². The van der Waals surface area contributed by atoms with Crippen LogP contribution in [-0.2, 0) is 0 Å². The Morgan fingerprint density at radius 3 is 1.37 bits per heavy atom. The Balaban J connectivity index is 0.000000634. The van der Waals surface area contributed by atoms with E-state index in [1.807, 2.05) is 6.92 Å². The van der Waals surface area contributed by atoms with Crippen molar-refractivity contribution in [3.63, 3.8) is 0 Å². The highest BCUT2D eigenvalue weighted by molar-refractivity contribution is 6.33. The highest BCUT2D eigenvalue weighted by Gasteiger charge is 2.17. The van der Waals surface area contributed by atoms with E-state index in [4.69, 9.17) is 39.1 Å². The van der Waals surface area contributed by atoms with Gasteiger partial charge in [0, 0.05) is 42.4 Å². The average molecular weight is 685 g/mol. The number of carboxylic acids is 1. The largest absolute Gasteiger partial charge is 0.502 e. The predicted octanol–water partition coefficient (Wildman–Crippen LogP) is 4.96. The van der Waals surface area contributed by atoms with Crippen LogP contribution in [0, 0.1) is 30.3 Å². The van der Waals surface area contributed by atoms with Crippen LogP contribution in [0.15, 0.2) is 54.6 Å². The molecule has 0 aromatic heterocycles. The molecule has 0 aliphatic rings. The number of hydrogen-bond donors (Lipinski definition) is 5. The van der Waals surface area contributed by atoms with Crippen LogP contribution < -0.4 is 16.4 Å². The minimum absolute atomic E-state index is 0.0213. The molecular formula is C27H30Cl2N6O11. The number of nitro benzene ring substituents is 3. The molecule has 0 spiro atoms. The van der Waals surface area contributed by atoms with Crippen molar-refractivity contribution in [3.05, 3.63) is 112 Å². The van der Waals surface area contributed by atoms with Gasteiger partial charge in [-0.05, 0) is 56.8 Å². The molecular weight excluding hydrogens is 655 g/mol. The minimum atomic E-state index is -1.22. The Morgan fingerprint density at radius 2 is 1.02 bits per heavy atom. The summed E-state index contributed by atoms with van der Waals surface area (Å²) in [4.78, 5) is 62.3. The Hall–Kier alpha value is -5.39. The first-order valence-corrected chi connectivity index (χ1v) is 13.7. The second-order valence-corrected chi connectivity index (χ2v) is 9.05. The van der Waals surface area contributed by atoms with Gasteiger partial charge in [0.25, 0.3) is 23.2 Å². The lowest BCUT2D eigenvalue weighted by Gasteiger charge is -2.02. The third-order valence-electron chi connectivity index (χ3n) is 4.90. The van der Waals surface area contributed by atoms with Crippen LogP contribution in [0.4, 0.5) is 17.1 Å². The fraction of sp³-hybridized carbons (Fsp3) is 0.222. The van der Waals surface area contributed by atoms with Crippen LogP contribution >= 0.6 is 23.2 Å². The van der Waals surface area contributed by atoms with Gasteiger partial charge in [0.1, 0.15) is 10.0 Å². The number of amides is 2. The maximum atomic E-state index is 11.4. The molecule has 3 aromatic carbocycles. The summed E-state index contributed by atoms with van der Waals surface area (Å²) >= 11 is 11.1. The summed E-state index contributed by atoms with van der Waals surface area (Å²) in [7, 11) is 0. The van der Waals surface area contributed by atoms with Crippen molar-refractivity contribution in [2.75, 3.05) is 19.6 Å². The Morgan fingerprint density at radius 1 is 0.696 bits per heavy atom. The number of carbonyl (C=O) groups is 3. The van der Waals surface area contributed by atoms with Crippen LogP contribution in [-0.4, -0.2) is 62.4 Å². The lowest BCUT2D eigenvalue weighted by Crippen LogP contribution is -2.22. The number of hydrogen-bond acceptors (Lipinski definition) is 11. The molecule has 2 amide bonds. The molecule has 0 unspecified atom stereocenters. The lowest BCUT2D eigenvalue weighted by atomic mass is 10.2. The zero-order chi connectivity index (χ0) is 35.6. The normalized spacial score (nSPS) is 9.43. The standard InChI is InChI=1S/C9H9ClN2O3.C9H10N2O4.C7H4ClNO4.C2H7N/c1-2-11-9(13)6-3-4-7(10)8(5-6)12(14)15;1-2-10-9(13)6-3-4-8(12)7(5-6)11(14)15;8-5-2-1-4(7(10)11)3-6(5)9(12)13;1-2-3/h3-5H,2H2,1H3,(H,11,13);3-5,12H,2H2,1H3,(H,10,13);1-3H,(H,10,11);2-3H2,1H3. The zero-order valence-electron chi connectivity index (χ0n) is 24.6. The molecule has 3 aromatic rings. The number of phenols is 1. The molecule has 3 rings (SSSR count). The first-order valence-electron chi connectivity index (χ1n) is 12.9. The van der Waals surface area contributed by atoms with Crippen molar-refractivity contribution in [2.24, 2.45) is 5.73 Å². The third-order valence-corrected chi connectivity index (χ3v) is 5.54. The fourth-order valence-electron chi connectivity index (χ4n) is 2.92. The summed E-state index contributed by atoms with van der Waals surface area (Å²) in [5, 5.41) is 54.0. The number of aromatic hydroxyl groups is 1. The maximum absolute atomic E-state index is 11.4. The quantitative estimate of drug-likeness (QED) is 0.155. The molecule has 0 saturated carbocycles. The number of aromatic carboxylic acids is 1. The smallest absolute Gasteiger partial charge is 0.335 e. The van der Waals surface area contributed by atoms with Crippen LogP contribution in [0.25, 0.3) is 0 Å². The summed E-state index contributed by atoms with van der Waals surface area (Å²) in [5.74, 6) is -2.43. The van der Waals surface area contributed by atoms with E-state index in [-0.39, 0.29) is 38.3 Å². The van der Waals surface area contributed by atoms with Gasteiger partial charge in [0.2, 0.25) is 0 Å². The van der Waals surface area contributed by atoms with E-state index >= 15 is 0 Å². The first-order chi connectivity index (χ1) is 21.5. The molecule has 0 atom stereocenters. The van der Waals surface area contributed by atoms with Gasteiger partial charge in [-0.25, -0.2) is 4.79 Å². The Bertz CT molecular complexity index is 1490. The molecule has 0 fully saturated rings. The molecule has 19 heteroatoms. The van der Waals surface area contributed by atoms with Crippen LogP contribution in [0.1, 0.15) is 51.8 Å². The van der Waals surface area contributed by atoms with Gasteiger partial charge < -0.3 is 26.6 Å². The Kier molecular flexibility index (Phi) is 18.1. The molecule has 17 nitrogen and oxygen atoms in total. The topological polar surface area (TPSA) is 271 Å². The van der Waals surface area contributed by atoms with Gasteiger partial charge in [0.15, 0.2) is 5.75 Å². The number of nitrogens with one attached hydrogen (secondary N) is 2. The van der Waals surface area contributed by atoms with E-state index in [2.05, 4.69) is 10.6 Å². The van der Waals surface area contributed by atoms with Gasteiger partial charge in [-0.15, -0.1) is 0 Å². The molecule has 0 aliphatic carbocycles. The summed E-state index contributed by atoms with van der Waals surface area (Å²) in [5.41, 5.74) is 3.94. The molecule has 248 valence electrons. The van der Waals surface area contributed by atoms with Crippen LogP contribution in [0.2, 0.25) is 10.0 Å².